The predicted octanol–water partition coefficient (Wildman–Crippen LogP) is 7.68. The number of carbonyl (C=O) groups is 2. The average molecular weight is 619 g/mol. The first-order valence-electron chi connectivity index (χ1n) is 16.0. The lowest BCUT2D eigenvalue weighted by Crippen LogP contribution is -2.37. The molecule has 0 saturated heterocycles. The standard InChI is InChI=1S/C32H60NO8P/c1-6-7-8-9-10-11-12-13-14-15-16-17-18-19-20-21-22-23-24-25-32(35)41-31(28-38-30(2)34)29-40-42(36,37)39-27-26-33(3,4)5/h10-11,13-14,31H,6-9,12,15-29H2,1-5H3/p+1/b11-10-,14-13-. The van der Waals surface area contributed by atoms with E-state index in [1.165, 1.54) is 64.7 Å². The lowest BCUT2D eigenvalue weighted by Gasteiger charge is -2.24. The molecular formula is C32H61NO8P+. The Morgan fingerprint density at radius 1 is 0.786 bits per heavy atom. The van der Waals surface area contributed by atoms with E-state index in [9.17, 15) is 19.0 Å². The Morgan fingerprint density at radius 3 is 1.88 bits per heavy atom. The number of esters is 2. The molecule has 0 aliphatic heterocycles. The van der Waals surface area contributed by atoms with Gasteiger partial charge in [-0.25, -0.2) is 4.57 Å². The highest BCUT2D eigenvalue weighted by molar-refractivity contribution is 7.47. The van der Waals surface area contributed by atoms with Crippen LogP contribution in [-0.2, 0) is 32.7 Å². The van der Waals surface area contributed by atoms with Crippen LogP contribution >= 0.6 is 7.82 Å². The first-order valence-corrected chi connectivity index (χ1v) is 17.5. The lowest BCUT2D eigenvalue weighted by atomic mass is 10.1. The number of ether oxygens (including phenoxy) is 2. The number of hydrogen-bond acceptors (Lipinski definition) is 7. The van der Waals surface area contributed by atoms with Gasteiger partial charge in [-0.3, -0.25) is 18.6 Å². The zero-order chi connectivity index (χ0) is 31.5. The van der Waals surface area contributed by atoms with Crippen molar-refractivity contribution in [2.45, 2.75) is 123 Å². The highest BCUT2D eigenvalue weighted by atomic mass is 31.2. The summed E-state index contributed by atoms with van der Waals surface area (Å²) in [6, 6.07) is 0. The second kappa shape index (κ2) is 25.9. The van der Waals surface area contributed by atoms with Crippen molar-refractivity contribution in [1.82, 2.24) is 0 Å². The van der Waals surface area contributed by atoms with Gasteiger partial charge in [-0.15, -0.1) is 0 Å². The molecule has 42 heavy (non-hydrogen) atoms. The van der Waals surface area contributed by atoms with E-state index in [0.29, 0.717) is 17.4 Å². The van der Waals surface area contributed by atoms with Gasteiger partial charge in [0.25, 0.3) is 0 Å². The van der Waals surface area contributed by atoms with Crippen LogP contribution in [0.15, 0.2) is 24.3 Å². The molecule has 0 aliphatic carbocycles. The molecule has 0 bridgehead atoms. The van der Waals surface area contributed by atoms with Crippen LogP contribution in [0.4, 0.5) is 0 Å². The molecule has 0 radical (unpaired) electrons. The molecule has 0 saturated carbocycles. The quantitative estimate of drug-likeness (QED) is 0.0313. The van der Waals surface area contributed by atoms with E-state index in [4.69, 9.17) is 18.5 Å². The topological polar surface area (TPSA) is 108 Å². The zero-order valence-corrected chi connectivity index (χ0v) is 28.1. The monoisotopic (exact) mass is 618 g/mol. The Bertz CT molecular complexity index is 794. The number of unbranched alkanes of at least 4 members (excludes halogenated alkanes) is 12. The average Bonchev–Trinajstić information content (AvgIpc) is 2.90. The Kier molecular flexibility index (Phi) is 25.0. The molecular weight excluding hydrogens is 557 g/mol. The number of phosphoric ester groups is 1. The van der Waals surface area contributed by atoms with E-state index < -0.39 is 32.5 Å². The number of hydrogen-bond donors (Lipinski definition) is 1. The van der Waals surface area contributed by atoms with E-state index in [1.54, 1.807) is 0 Å². The van der Waals surface area contributed by atoms with Crippen molar-refractivity contribution in [3.8, 4) is 0 Å². The smallest absolute Gasteiger partial charge is 0.462 e. The third kappa shape index (κ3) is 30.0. The maximum Gasteiger partial charge on any atom is 0.472 e. The molecule has 9 nitrogen and oxygen atoms in total. The number of allylic oxidation sites excluding steroid dienone is 4. The van der Waals surface area contributed by atoms with Gasteiger partial charge in [0.2, 0.25) is 0 Å². The van der Waals surface area contributed by atoms with Gasteiger partial charge in [-0.2, -0.15) is 0 Å². The highest BCUT2D eigenvalue weighted by Gasteiger charge is 2.26. The lowest BCUT2D eigenvalue weighted by molar-refractivity contribution is -0.870. The van der Waals surface area contributed by atoms with E-state index in [-0.39, 0.29) is 19.6 Å². The van der Waals surface area contributed by atoms with Gasteiger partial charge in [0.05, 0.1) is 27.7 Å². The van der Waals surface area contributed by atoms with Gasteiger partial charge >= 0.3 is 19.8 Å². The van der Waals surface area contributed by atoms with Crippen molar-refractivity contribution in [2.24, 2.45) is 0 Å². The van der Waals surface area contributed by atoms with Crippen LogP contribution in [0.3, 0.4) is 0 Å². The minimum atomic E-state index is -4.33. The summed E-state index contributed by atoms with van der Waals surface area (Å²) in [6.07, 6.45) is 25.8. The Hall–Kier alpha value is -1.51. The summed E-state index contributed by atoms with van der Waals surface area (Å²) in [5.41, 5.74) is 0. The van der Waals surface area contributed by atoms with Crippen LogP contribution in [0.2, 0.25) is 0 Å². The van der Waals surface area contributed by atoms with Gasteiger partial charge < -0.3 is 18.9 Å². The molecule has 2 unspecified atom stereocenters. The van der Waals surface area contributed by atoms with Gasteiger partial charge in [0.15, 0.2) is 6.10 Å². The number of nitrogens with zero attached hydrogens (tertiary/aromatic N) is 1. The molecule has 0 aromatic heterocycles. The molecule has 0 aliphatic rings. The van der Waals surface area contributed by atoms with Gasteiger partial charge in [-0.1, -0.05) is 89.0 Å². The first kappa shape index (κ1) is 40.5. The molecule has 0 fully saturated rings. The Balaban J connectivity index is 3.93. The fraction of sp³-hybridized carbons (Fsp3) is 0.812. The number of phosphoric acid groups is 1. The molecule has 0 aromatic rings. The number of quaternary nitrogens is 1. The molecule has 246 valence electrons. The Labute approximate surface area is 256 Å². The molecule has 0 amide bonds. The number of rotatable bonds is 28. The molecule has 2 atom stereocenters. The van der Waals surface area contributed by atoms with E-state index in [1.807, 2.05) is 21.1 Å². The summed E-state index contributed by atoms with van der Waals surface area (Å²) in [5.74, 6) is -0.998. The van der Waals surface area contributed by atoms with Crippen LogP contribution in [0, 0.1) is 0 Å². The van der Waals surface area contributed by atoms with Crippen molar-refractivity contribution in [2.75, 3.05) is 47.5 Å². The number of carbonyl (C=O) groups excluding carboxylic acids is 2. The summed E-state index contributed by atoms with van der Waals surface area (Å²) >= 11 is 0. The molecule has 10 heteroatoms. The Morgan fingerprint density at radius 2 is 1.33 bits per heavy atom. The third-order valence-electron chi connectivity index (χ3n) is 6.54. The van der Waals surface area contributed by atoms with Crippen molar-refractivity contribution in [1.29, 1.82) is 0 Å². The summed E-state index contributed by atoms with van der Waals surface area (Å²) in [5, 5.41) is 0. The van der Waals surface area contributed by atoms with Crippen molar-refractivity contribution in [3.63, 3.8) is 0 Å². The minimum absolute atomic E-state index is 0.0286. The van der Waals surface area contributed by atoms with Gasteiger partial charge in [0.1, 0.15) is 19.8 Å². The molecule has 0 spiro atoms. The SMILES string of the molecule is CCCCC/C=C\C/C=C\CCCCCCCCCCCC(=O)OC(COC(C)=O)COP(=O)(O)OCC[N+](C)(C)C. The largest absolute Gasteiger partial charge is 0.472 e. The van der Waals surface area contributed by atoms with Crippen molar-refractivity contribution in [3.05, 3.63) is 24.3 Å². The van der Waals surface area contributed by atoms with E-state index in [2.05, 4.69) is 31.2 Å². The second-order valence-electron chi connectivity index (χ2n) is 11.9. The van der Waals surface area contributed by atoms with Crippen LogP contribution in [-0.4, -0.2) is 74.9 Å². The molecule has 0 aromatic carbocycles. The highest BCUT2D eigenvalue weighted by Crippen LogP contribution is 2.43. The van der Waals surface area contributed by atoms with Crippen molar-refractivity contribution >= 4 is 19.8 Å². The summed E-state index contributed by atoms with van der Waals surface area (Å²) < 4.78 is 32.9. The normalized spacial score (nSPS) is 14.3. The fourth-order valence-electron chi connectivity index (χ4n) is 4.00. The van der Waals surface area contributed by atoms with Crippen LogP contribution in [0.1, 0.15) is 117 Å². The van der Waals surface area contributed by atoms with Crippen LogP contribution < -0.4 is 0 Å². The van der Waals surface area contributed by atoms with Gasteiger partial charge in [-0.05, 0) is 38.5 Å². The predicted molar refractivity (Wildman–Crippen MR) is 169 cm³/mol. The summed E-state index contributed by atoms with van der Waals surface area (Å²) in [4.78, 5) is 33.4. The zero-order valence-electron chi connectivity index (χ0n) is 27.2. The van der Waals surface area contributed by atoms with Crippen LogP contribution in [0.25, 0.3) is 0 Å². The summed E-state index contributed by atoms with van der Waals surface area (Å²) in [7, 11) is 1.46. The molecule has 0 rings (SSSR count). The first-order chi connectivity index (χ1) is 19.9. The summed E-state index contributed by atoms with van der Waals surface area (Å²) in [6.45, 7) is 3.34. The fourth-order valence-corrected chi connectivity index (χ4v) is 4.75. The molecule has 1 N–H and O–H groups in total. The van der Waals surface area contributed by atoms with Gasteiger partial charge in [0, 0.05) is 13.3 Å². The second-order valence-corrected chi connectivity index (χ2v) is 13.4. The van der Waals surface area contributed by atoms with Crippen LogP contribution in [0.5, 0.6) is 0 Å². The number of likely N-dealkylation sites (N-methyl/N-ethyl adjacent to an activating group) is 1. The maximum absolute atomic E-state index is 12.3. The van der Waals surface area contributed by atoms with Crippen molar-refractivity contribution < 1.29 is 42.1 Å². The maximum atomic E-state index is 12.3. The molecule has 0 heterocycles. The minimum Gasteiger partial charge on any atom is -0.462 e. The third-order valence-corrected chi connectivity index (χ3v) is 7.53. The van der Waals surface area contributed by atoms with E-state index in [0.717, 1.165) is 32.1 Å². The van der Waals surface area contributed by atoms with E-state index >= 15 is 0 Å².